The molecule has 0 N–H and O–H groups in total. The predicted molar refractivity (Wildman–Crippen MR) is 92.5 cm³/mol. The fraction of sp³-hybridized carbons (Fsp3) is 0.263. The maximum atomic E-state index is 5.76. The first kappa shape index (κ1) is 16.0. The van der Waals surface area contributed by atoms with Gasteiger partial charge in [0.2, 0.25) is 0 Å². The Morgan fingerprint density at radius 3 is 2.14 bits per heavy atom. The summed E-state index contributed by atoms with van der Waals surface area (Å²) >= 11 is 3.58. The summed E-state index contributed by atoms with van der Waals surface area (Å²) < 4.78 is 6.75. The van der Waals surface area contributed by atoms with Gasteiger partial charge in [0, 0.05) is 13.0 Å². The van der Waals surface area contributed by atoms with Gasteiger partial charge in [-0.1, -0.05) is 83.2 Å². The highest BCUT2D eigenvalue weighted by Crippen LogP contribution is 2.36. The molecule has 0 amide bonds. The van der Waals surface area contributed by atoms with Crippen LogP contribution >= 0.6 is 15.9 Å². The third-order valence-electron chi connectivity index (χ3n) is 3.74. The zero-order valence-corrected chi connectivity index (χ0v) is 13.9. The fourth-order valence-electron chi connectivity index (χ4n) is 2.61. The molecule has 0 aliphatic heterocycles. The lowest BCUT2D eigenvalue weighted by atomic mass is 9.90. The Kier molecular flexibility index (Phi) is 6.21. The monoisotopic (exact) mass is 344 g/mol. The van der Waals surface area contributed by atoms with E-state index in [1.807, 2.05) is 24.3 Å². The molecule has 2 aromatic rings. The summed E-state index contributed by atoms with van der Waals surface area (Å²) in [7, 11) is 1.77. The SMILES string of the molecule is C=C(Br)[C@H](CCc1ccccc1)[C@@H](OC)c1ccccc1. The van der Waals surface area contributed by atoms with Crippen molar-refractivity contribution in [3.8, 4) is 0 Å². The van der Waals surface area contributed by atoms with Gasteiger partial charge in [-0.05, 0) is 28.5 Å². The van der Waals surface area contributed by atoms with Gasteiger partial charge < -0.3 is 4.74 Å². The summed E-state index contributed by atoms with van der Waals surface area (Å²) in [5.74, 6) is 0.248. The Balaban J connectivity index is 2.12. The summed E-state index contributed by atoms with van der Waals surface area (Å²) in [6, 6.07) is 20.9. The Labute approximate surface area is 135 Å². The average Bonchev–Trinajstić information content (AvgIpc) is 2.53. The van der Waals surface area contributed by atoms with Gasteiger partial charge in [-0.3, -0.25) is 0 Å². The smallest absolute Gasteiger partial charge is 0.0894 e. The van der Waals surface area contributed by atoms with Gasteiger partial charge >= 0.3 is 0 Å². The second-order valence-corrected chi connectivity index (χ2v) is 6.16. The molecule has 0 fully saturated rings. The minimum atomic E-state index is 0.0294. The second-order valence-electron chi connectivity index (χ2n) is 5.14. The van der Waals surface area contributed by atoms with Gasteiger partial charge in [0.1, 0.15) is 0 Å². The molecular weight excluding hydrogens is 324 g/mol. The van der Waals surface area contributed by atoms with Gasteiger partial charge in [0.05, 0.1) is 6.10 Å². The van der Waals surface area contributed by atoms with E-state index in [0.29, 0.717) is 0 Å². The zero-order chi connectivity index (χ0) is 15.1. The number of hydrogen-bond donors (Lipinski definition) is 0. The van der Waals surface area contributed by atoms with E-state index in [2.05, 4.69) is 58.9 Å². The van der Waals surface area contributed by atoms with Crippen LogP contribution in [0.2, 0.25) is 0 Å². The predicted octanol–water partition coefficient (Wildman–Crippen LogP) is 5.53. The first-order valence-electron chi connectivity index (χ1n) is 7.18. The number of hydrogen-bond acceptors (Lipinski definition) is 1. The van der Waals surface area contributed by atoms with Crippen LogP contribution < -0.4 is 0 Å². The number of halogens is 1. The molecule has 2 heteroatoms. The highest BCUT2D eigenvalue weighted by Gasteiger charge is 2.24. The summed E-state index contributed by atoms with van der Waals surface area (Å²) in [5, 5.41) is 0. The molecule has 2 aromatic carbocycles. The molecule has 0 saturated heterocycles. The lowest BCUT2D eigenvalue weighted by Crippen LogP contribution is -2.16. The van der Waals surface area contributed by atoms with E-state index in [-0.39, 0.29) is 12.0 Å². The van der Waals surface area contributed by atoms with Crippen LogP contribution in [-0.2, 0) is 11.2 Å². The summed E-state index contributed by atoms with van der Waals surface area (Å²) in [6.45, 7) is 4.10. The van der Waals surface area contributed by atoms with Crippen LogP contribution in [0.5, 0.6) is 0 Å². The van der Waals surface area contributed by atoms with Crippen molar-refractivity contribution in [2.75, 3.05) is 7.11 Å². The van der Waals surface area contributed by atoms with Crippen molar-refractivity contribution in [2.45, 2.75) is 18.9 Å². The lowest BCUT2D eigenvalue weighted by molar-refractivity contribution is 0.0644. The number of methoxy groups -OCH3 is 1. The van der Waals surface area contributed by atoms with Crippen molar-refractivity contribution in [1.82, 2.24) is 0 Å². The van der Waals surface area contributed by atoms with Crippen molar-refractivity contribution in [1.29, 1.82) is 0 Å². The molecule has 2 atom stereocenters. The fourth-order valence-corrected chi connectivity index (χ4v) is 3.08. The Bertz CT molecular complexity index is 550. The van der Waals surface area contributed by atoms with Gasteiger partial charge in [0.15, 0.2) is 0 Å². The quantitative estimate of drug-likeness (QED) is 0.641. The molecule has 21 heavy (non-hydrogen) atoms. The number of aryl methyl sites for hydroxylation is 1. The molecule has 110 valence electrons. The summed E-state index contributed by atoms with van der Waals surface area (Å²) in [6.07, 6.45) is 2.05. The van der Waals surface area contributed by atoms with Gasteiger partial charge in [-0.25, -0.2) is 0 Å². The summed E-state index contributed by atoms with van der Waals surface area (Å²) in [5.41, 5.74) is 2.54. The van der Waals surface area contributed by atoms with Crippen molar-refractivity contribution < 1.29 is 4.74 Å². The van der Waals surface area contributed by atoms with E-state index < -0.39 is 0 Å². The molecule has 0 aromatic heterocycles. The van der Waals surface area contributed by atoms with Crippen LogP contribution in [0.3, 0.4) is 0 Å². The highest BCUT2D eigenvalue weighted by atomic mass is 79.9. The topological polar surface area (TPSA) is 9.23 Å². The van der Waals surface area contributed by atoms with Crippen molar-refractivity contribution >= 4 is 15.9 Å². The van der Waals surface area contributed by atoms with Crippen molar-refractivity contribution in [2.24, 2.45) is 5.92 Å². The van der Waals surface area contributed by atoms with Gasteiger partial charge in [-0.15, -0.1) is 0 Å². The Morgan fingerprint density at radius 2 is 1.62 bits per heavy atom. The standard InChI is InChI=1S/C19H21BrO/c1-15(20)18(14-13-16-9-5-3-6-10-16)19(21-2)17-11-7-4-8-12-17/h3-12,18-19H,1,13-14H2,2H3/t18-,19-/m0/s1. The molecule has 2 rings (SSSR count). The average molecular weight is 345 g/mol. The molecule has 0 bridgehead atoms. The van der Waals surface area contributed by atoms with E-state index in [4.69, 9.17) is 4.74 Å². The molecule has 0 unspecified atom stereocenters. The minimum absolute atomic E-state index is 0.0294. The van der Waals surface area contributed by atoms with E-state index >= 15 is 0 Å². The Morgan fingerprint density at radius 1 is 1.05 bits per heavy atom. The molecule has 0 saturated carbocycles. The first-order chi connectivity index (χ1) is 10.2. The molecule has 0 spiro atoms. The van der Waals surface area contributed by atoms with E-state index in [1.54, 1.807) is 7.11 Å². The minimum Gasteiger partial charge on any atom is -0.376 e. The van der Waals surface area contributed by atoms with Crippen LogP contribution in [0.25, 0.3) is 0 Å². The van der Waals surface area contributed by atoms with Crippen molar-refractivity contribution in [3.63, 3.8) is 0 Å². The Hall–Kier alpha value is -1.38. The molecule has 1 nitrogen and oxygen atoms in total. The molecular formula is C19H21BrO. The van der Waals surface area contributed by atoms with Crippen molar-refractivity contribution in [3.05, 3.63) is 82.9 Å². The van der Waals surface area contributed by atoms with Crippen LogP contribution in [-0.4, -0.2) is 7.11 Å². The number of rotatable bonds is 7. The highest BCUT2D eigenvalue weighted by molar-refractivity contribution is 9.11. The van der Waals surface area contributed by atoms with Crippen LogP contribution in [0, 0.1) is 5.92 Å². The maximum absolute atomic E-state index is 5.76. The van der Waals surface area contributed by atoms with E-state index in [1.165, 1.54) is 11.1 Å². The summed E-state index contributed by atoms with van der Waals surface area (Å²) in [4.78, 5) is 0. The van der Waals surface area contributed by atoms with E-state index in [0.717, 1.165) is 17.3 Å². The van der Waals surface area contributed by atoms with E-state index in [9.17, 15) is 0 Å². The third kappa shape index (κ3) is 4.55. The third-order valence-corrected chi connectivity index (χ3v) is 4.32. The van der Waals surface area contributed by atoms with Crippen LogP contribution in [0.1, 0.15) is 23.7 Å². The largest absolute Gasteiger partial charge is 0.376 e. The maximum Gasteiger partial charge on any atom is 0.0894 e. The van der Waals surface area contributed by atoms with Gasteiger partial charge in [-0.2, -0.15) is 0 Å². The molecule has 0 radical (unpaired) electrons. The van der Waals surface area contributed by atoms with Gasteiger partial charge in [0.25, 0.3) is 0 Å². The van der Waals surface area contributed by atoms with Crippen LogP contribution in [0.15, 0.2) is 71.7 Å². The molecule has 0 heterocycles. The molecule has 0 aliphatic rings. The van der Waals surface area contributed by atoms with Crippen LogP contribution in [0.4, 0.5) is 0 Å². The first-order valence-corrected chi connectivity index (χ1v) is 7.97. The normalized spacial score (nSPS) is 13.6. The number of benzene rings is 2. The number of ether oxygens (including phenoxy) is 1. The zero-order valence-electron chi connectivity index (χ0n) is 12.3. The lowest BCUT2D eigenvalue weighted by Gasteiger charge is -2.26. The molecule has 0 aliphatic carbocycles. The second kappa shape index (κ2) is 8.16.